The van der Waals surface area contributed by atoms with E-state index in [4.69, 9.17) is 11.0 Å². The van der Waals surface area contributed by atoms with E-state index < -0.39 is 0 Å². The van der Waals surface area contributed by atoms with Gasteiger partial charge in [0.25, 0.3) is 0 Å². The molecule has 0 saturated carbocycles. The molecule has 0 aliphatic heterocycles. The van der Waals surface area contributed by atoms with Crippen LogP contribution in [-0.2, 0) is 0 Å². The first kappa shape index (κ1) is 12.0. The van der Waals surface area contributed by atoms with Crippen molar-refractivity contribution in [1.82, 2.24) is 0 Å². The Morgan fingerprint density at radius 2 is 1.82 bits per heavy atom. The second kappa shape index (κ2) is 5.26. The number of para-hydroxylation sites is 1. The monoisotopic (exact) mass is 304 g/mol. The number of halogens is 1. The number of nitrogens with zero attached hydrogens (tertiary/aromatic N) is 1. The highest BCUT2D eigenvalue weighted by molar-refractivity contribution is 9.10. The van der Waals surface area contributed by atoms with E-state index in [9.17, 15) is 0 Å². The second-order valence-corrected chi connectivity index (χ2v) is 5.42. The Balaban J connectivity index is 2.31. The lowest BCUT2D eigenvalue weighted by molar-refractivity contribution is 1.38. The Hall–Kier alpha value is -1.44. The molecule has 0 heterocycles. The summed E-state index contributed by atoms with van der Waals surface area (Å²) in [5, 5.41) is 8.90. The number of hydrogen-bond acceptors (Lipinski definition) is 3. The maximum Gasteiger partial charge on any atom is 0.101 e. The molecule has 84 valence electrons. The first-order valence-corrected chi connectivity index (χ1v) is 6.53. The fourth-order valence-electron chi connectivity index (χ4n) is 1.36. The summed E-state index contributed by atoms with van der Waals surface area (Å²) in [7, 11) is 0. The molecule has 0 saturated heterocycles. The Morgan fingerprint density at radius 1 is 1.12 bits per heavy atom. The van der Waals surface area contributed by atoms with Crippen LogP contribution in [0.2, 0.25) is 0 Å². The Labute approximate surface area is 113 Å². The molecule has 0 aliphatic rings. The van der Waals surface area contributed by atoms with Crippen molar-refractivity contribution in [2.24, 2.45) is 0 Å². The smallest absolute Gasteiger partial charge is 0.101 e. The summed E-state index contributed by atoms with van der Waals surface area (Å²) in [5.74, 6) is 0. The molecule has 0 bridgehead atoms. The van der Waals surface area contributed by atoms with E-state index in [-0.39, 0.29) is 0 Å². The average Bonchev–Trinajstić information content (AvgIpc) is 2.35. The van der Waals surface area contributed by atoms with Gasteiger partial charge < -0.3 is 5.73 Å². The fourth-order valence-corrected chi connectivity index (χ4v) is 2.52. The summed E-state index contributed by atoms with van der Waals surface area (Å²) in [6.45, 7) is 0. The molecule has 0 amide bonds. The number of nitriles is 1. The summed E-state index contributed by atoms with van der Waals surface area (Å²) in [5.41, 5.74) is 6.98. The van der Waals surface area contributed by atoms with Crippen LogP contribution in [-0.4, -0.2) is 0 Å². The lowest BCUT2D eigenvalue weighted by Crippen LogP contribution is -1.92. The predicted octanol–water partition coefficient (Wildman–Crippen LogP) is 4.05. The van der Waals surface area contributed by atoms with Crippen LogP contribution in [0.15, 0.2) is 56.7 Å². The molecule has 0 radical (unpaired) electrons. The van der Waals surface area contributed by atoms with Crippen LogP contribution in [0.3, 0.4) is 0 Å². The molecular weight excluding hydrogens is 296 g/mol. The average molecular weight is 305 g/mol. The molecule has 2 nitrogen and oxygen atoms in total. The molecule has 2 rings (SSSR count). The third-order valence-electron chi connectivity index (χ3n) is 2.23. The third kappa shape index (κ3) is 2.82. The van der Waals surface area contributed by atoms with Crippen LogP contribution in [0, 0.1) is 11.3 Å². The number of hydrogen-bond donors (Lipinski definition) is 1. The Bertz CT molecular complexity index is 573. The zero-order chi connectivity index (χ0) is 12.3. The van der Waals surface area contributed by atoms with Gasteiger partial charge in [-0.25, -0.2) is 0 Å². The van der Waals surface area contributed by atoms with E-state index >= 15 is 0 Å². The first-order valence-electron chi connectivity index (χ1n) is 4.92. The molecule has 4 heteroatoms. The highest BCUT2D eigenvalue weighted by Gasteiger charge is 2.05. The molecule has 0 spiro atoms. The van der Waals surface area contributed by atoms with Crippen LogP contribution >= 0.6 is 27.7 Å². The van der Waals surface area contributed by atoms with E-state index in [0.29, 0.717) is 11.3 Å². The lowest BCUT2D eigenvalue weighted by atomic mass is 10.2. The van der Waals surface area contributed by atoms with E-state index in [1.165, 1.54) is 0 Å². The molecule has 2 aromatic carbocycles. The number of nitrogens with two attached hydrogens (primary N) is 1. The number of nitrogen functional groups attached to an aromatic ring is 1. The molecule has 0 aliphatic carbocycles. The van der Waals surface area contributed by atoms with Crippen molar-refractivity contribution >= 4 is 33.4 Å². The fraction of sp³-hybridized carbons (Fsp3) is 0. The van der Waals surface area contributed by atoms with Gasteiger partial charge in [0.05, 0.1) is 11.3 Å². The van der Waals surface area contributed by atoms with Crippen LogP contribution in [0.5, 0.6) is 0 Å². The standard InChI is InChI=1S/C13H9BrN2S/c14-10-4-6-11(7-5-10)17-12-3-1-2-9(8-15)13(12)16/h1-7H,16H2. The molecular formula is C13H9BrN2S. The predicted molar refractivity (Wildman–Crippen MR) is 73.8 cm³/mol. The first-order chi connectivity index (χ1) is 8.20. The van der Waals surface area contributed by atoms with Gasteiger partial charge >= 0.3 is 0 Å². The molecule has 0 unspecified atom stereocenters. The highest BCUT2D eigenvalue weighted by Crippen LogP contribution is 2.33. The second-order valence-electron chi connectivity index (χ2n) is 3.39. The van der Waals surface area contributed by atoms with Gasteiger partial charge in [0.1, 0.15) is 6.07 Å². The lowest BCUT2D eigenvalue weighted by Gasteiger charge is -2.06. The van der Waals surface area contributed by atoms with Crippen LogP contribution in [0.1, 0.15) is 5.56 Å². The van der Waals surface area contributed by atoms with E-state index in [2.05, 4.69) is 22.0 Å². The SMILES string of the molecule is N#Cc1cccc(Sc2ccc(Br)cc2)c1N. The van der Waals surface area contributed by atoms with E-state index in [1.807, 2.05) is 36.4 Å². The third-order valence-corrected chi connectivity index (χ3v) is 3.84. The normalized spacial score (nSPS) is 9.88. The van der Waals surface area contributed by atoms with Gasteiger partial charge in [-0.1, -0.05) is 33.8 Å². The van der Waals surface area contributed by atoms with Gasteiger partial charge in [-0.2, -0.15) is 5.26 Å². The molecule has 2 aromatic rings. The van der Waals surface area contributed by atoms with Gasteiger partial charge in [-0.15, -0.1) is 0 Å². The summed E-state index contributed by atoms with van der Waals surface area (Å²) < 4.78 is 1.04. The van der Waals surface area contributed by atoms with Gasteiger partial charge in [-0.05, 0) is 36.4 Å². The highest BCUT2D eigenvalue weighted by atomic mass is 79.9. The van der Waals surface area contributed by atoms with Crippen molar-refractivity contribution < 1.29 is 0 Å². The molecule has 0 aromatic heterocycles. The van der Waals surface area contributed by atoms with Gasteiger partial charge in [0, 0.05) is 14.3 Å². The Morgan fingerprint density at radius 3 is 2.47 bits per heavy atom. The topological polar surface area (TPSA) is 49.8 Å². The van der Waals surface area contributed by atoms with Crippen LogP contribution < -0.4 is 5.73 Å². The van der Waals surface area contributed by atoms with Crippen molar-refractivity contribution in [3.05, 3.63) is 52.5 Å². The van der Waals surface area contributed by atoms with Crippen molar-refractivity contribution in [2.45, 2.75) is 9.79 Å². The molecule has 0 atom stereocenters. The number of benzene rings is 2. The quantitative estimate of drug-likeness (QED) is 0.851. The summed E-state index contributed by atoms with van der Waals surface area (Å²) in [6.07, 6.45) is 0. The molecule has 0 fully saturated rings. The van der Waals surface area contributed by atoms with Crippen LogP contribution in [0.4, 0.5) is 5.69 Å². The molecule has 2 N–H and O–H groups in total. The zero-order valence-corrected chi connectivity index (χ0v) is 11.3. The molecule has 17 heavy (non-hydrogen) atoms. The maximum absolute atomic E-state index is 8.90. The van der Waals surface area contributed by atoms with Gasteiger partial charge in [-0.3, -0.25) is 0 Å². The van der Waals surface area contributed by atoms with Gasteiger partial charge in [0.2, 0.25) is 0 Å². The van der Waals surface area contributed by atoms with Crippen molar-refractivity contribution in [3.63, 3.8) is 0 Å². The van der Waals surface area contributed by atoms with E-state index in [0.717, 1.165) is 14.3 Å². The van der Waals surface area contributed by atoms with Gasteiger partial charge in [0.15, 0.2) is 0 Å². The van der Waals surface area contributed by atoms with Crippen molar-refractivity contribution in [3.8, 4) is 6.07 Å². The summed E-state index contributed by atoms with van der Waals surface area (Å²) >= 11 is 4.95. The minimum Gasteiger partial charge on any atom is -0.397 e. The Kier molecular flexibility index (Phi) is 3.72. The number of anilines is 1. The zero-order valence-electron chi connectivity index (χ0n) is 8.85. The summed E-state index contributed by atoms with van der Waals surface area (Å²) in [4.78, 5) is 2.00. The summed E-state index contributed by atoms with van der Waals surface area (Å²) in [6, 6.07) is 15.5. The minimum atomic E-state index is 0.520. The van der Waals surface area contributed by atoms with E-state index in [1.54, 1.807) is 17.8 Å². The largest absolute Gasteiger partial charge is 0.397 e. The minimum absolute atomic E-state index is 0.520. The van der Waals surface area contributed by atoms with Crippen molar-refractivity contribution in [1.29, 1.82) is 5.26 Å². The van der Waals surface area contributed by atoms with Crippen molar-refractivity contribution in [2.75, 3.05) is 5.73 Å². The van der Waals surface area contributed by atoms with Crippen LogP contribution in [0.25, 0.3) is 0 Å². The number of rotatable bonds is 2. The maximum atomic E-state index is 8.90.